The summed E-state index contributed by atoms with van der Waals surface area (Å²) in [6, 6.07) is 0.885. The monoisotopic (exact) mass is 222 g/mol. The van der Waals surface area contributed by atoms with E-state index in [2.05, 4.69) is 6.92 Å². The van der Waals surface area contributed by atoms with Crippen molar-refractivity contribution in [2.45, 2.75) is 26.3 Å². The van der Waals surface area contributed by atoms with Gasteiger partial charge in [0.05, 0.1) is 6.26 Å². The van der Waals surface area contributed by atoms with Crippen LogP contribution in [-0.2, 0) is 13.3 Å². The Balaban J connectivity index is 0. The summed E-state index contributed by atoms with van der Waals surface area (Å²) < 4.78 is 15.5. The summed E-state index contributed by atoms with van der Waals surface area (Å²) in [6.07, 6.45) is 3.59. The molecule has 0 unspecified atom stereocenters. The van der Waals surface area contributed by atoms with Crippen molar-refractivity contribution in [3.8, 4) is 0 Å². The molecule has 0 aliphatic carbocycles. The minimum absolute atomic E-state index is 0.885. The summed E-state index contributed by atoms with van der Waals surface area (Å²) in [5, 5.41) is 7.69. The first kappa shape index (κ1) is 16.1. The molecule has 14 heavy (non-hydrogen) atoms. The van der Waals surface area contributed by atoms with Crippen molar-refractivity contribution in [2.75, 3.05) is 21.3 Å². The van der Waals surface area contributed by atoms with Gasteiger partial charge < -0.3 is 18.4 Å². The summed E-state index contributed by atoms with van der Waals surface area (Å²) in [4.78, 5) is 0. The maximum atomic E-state index is 7.69. The normalized spacial score (nSPS) is 11.2. The van der Waals surface area contributed by atoms with Gasteiger partial charge in [-0.2, -0.15) is 0 Å². The van der Waals surface area contributed by atoms with E-state index >= 15 is 0 Å². The summed E-state index contributed by atoms with van der Waals surface area (Å²) in [6.45, 7) is 3.83. The second-order valence-corrected chi connectivity index (χ2v) is 5.62. The van der Waals surface area contributed by atoms with Gasteiger partial charge in [-0.15, -0.1) is 0 Å². The molecule has 0 saturated heterocycles. The predicted molar refractivity (Wildman–Crippen MR) is 59.3 cm³/mol. The smallest absolute Gasteiger partial charge is 0.500 e. The second-order valence-electron chi connectivity index (χ2n) is 2.53. The molecule has 0 aromatic heterocycles. The van der Waals surface area contributed by atoms with Crippen LogP contribution in [0.5, 0.6) is 0 Å². The van der Waals surface area contributed by atoms with E-state index in [0.29, 0.717) is 0 Å². The molecule has 0 aliphatic rings. The number of aliphatic hydroxyl groups excluding tert-OH is 1. The molecule has 0 fully saturated rings. The maximum Gasteiger partial charge on any atom is 0.500 e. The quantitative estimate of drug-likeness (QED) is 0.573. The average molecular weight is 222 g/mol. The molecule has 0 aromatic rings. The van der Waals surface area contributed by atoms with Crippen molar-refractivity contribution in [3.63, 3.8) is 0 Å². The molecule has 0 heterocycles. The molecule has 0 spiro atoms. The van der Waals surface area contributed by atoms with Crippen LogP contribution in [0.2, 0.25) is 6.04 Å². The van der Waals surface area contributed by atoms with E-state index in [1.807, 2.05) is 0 Å². The summed E-state index contributed by atoms with van der Waals surface area (Å²) in [5.41, 5.74) is 0. The molecule has 0 radical (unpaired) electrons. The van der Waals surface area contributed by atoms with Crippen molar-refractivity contribution in [2.24, 2.45) is 0 Å². The summed E-state index contributed by atoms with van der Waals surface area (Å²) in [7, 11) is 2.68. The van der Waals surface area contributed by atoms with Crippen molar-refractivity contribution >= 4 is 8.80 Å². The van der Waals surface area contributed by atoms with Crippen molar-refractivity contribution < 1.29 is 18.4 Å². The van der Waals surface area contributed by atoms with Crippen LogP contribution in [0, 0.1) is 0 Å². The van der Waals surface area contributed by atoms with Crippen LogP contribution < -0.4 is 0 Å². The molecular weight excluding hydrogens is 200 g/mol. The molecule has 0 rings (SSSR count). The largest absolute Gasteiger partial charge is 0.516 e. The Labute approximate surface area is 87.9 Å². The van der Waals surface area contributed by atoms with E-state index < -0.39 is 8.80 Å². The fourth-order valence-electron chi connectivity index (χ4n) is 0.862. The number of aliphatic hydroxyl groups is 1. The number of allylic oxidation sites excluding steroid dienone is 1. The summed E-state index contributed by atoms with van der Waals surface area (Å²) in [5.74, 6) is 0. The highest BCUT2D eigenvalue weighted by Crippen LogP contribution is 2.13. The van der Waals surface area contributed by atoms with Gasteiger partial charge in [0.1, 0.15) is 0 Å². The van der Waals surface area contributed by atoms with Crippen LogP contribution in [0.4, 0.5) is 0 Å². The topological polar surface area (TPSA) is 47.9 Å². The van der Waals surface area contributed by atoms with Gasteiger partial charge in [0.25, 0.3) is 0 Å². The van der Waals surface area contributed by atoms with Crippen LogP contribution >= 0.6 is 0 Å². The highest BCUT2D eigenvalue weighted by Gasteiger charge is 2.36. The first-order valence-corrected chi connectivity index (χ1v) is 6.50. The first-order valence-electron chi connectivity index (χ1n) is 4.57. The van der Waals surface area contributed by atoms with Crippen LogP contribution in [0.15, 0.2) is 12.3 Å². The second kappa shape index (κ2) is 10.7. The van der Waals surface area contributed by atoms with E-state index in [-0.39, 0.29) is 0 Å². The summed E-state index contributed by atoms with van der Waals surface area (Å²) >= 11 is 0. The number of rotatable bonds is 5. The van der Waals surface area contributed by atoms with E-state index in [4.69, 9.17) is 18.4 Å². The third kappa shape index (κ3) is 7.08. The van der Waals surface area contributed by atoms with Crippen molar-refractivity contribution in [1.82, 2.24) is 0 Å². The lowest BCUT2D eigenvalue weighted by atomic mass is 10.6. The highest BCUT2D eigenvalue weighted by molar-refractivity contribution is 6.60. The molecular formula is C9H22O4Si. The Hall–Kier alpha value is -0.363. The average Bonchev–Trinajstić information content (AvgIpc) is 2.26. The third-order valence-electron chi connectivity index (χ3n) is 1.64. The van der Waals surface area contributed by atoms with E-state index in [9.17, 15) is 0 Å². The molecule has 1 N–H and O–H groups in total. The van der Waals surface area contributed by atoms with Crippen molar-refractivity contribution in [1.29, 1.82) is 0 Å². The van der Waals surface area contributed by atoms with Gasteiger partial charge in [0, 0.05) is 27.4 Å². The van der Waals surface area contributed by atoms with Crippen LogP contribution in [-0.4, -0.2) is 35.2 Å². The molecule has 5 heteroatoms. The molecule has 4 nitrogen and oxygen atoms in total. The van der Waals surface area contributed by atoms with Crippen LogP contribution in [0.25, 0.3) is 0 Å². The molecule has 0 atom stereocenters. The first-order chi connectivity index (χ1) is 6.66. The molecule has 0 aromatic carbocycles. The molecule has 0 aliphatic heterocycles. The minimum Gasteiger partial charge on any atom is -0.516 e. The predicted octanol–water partition coefficient (Wildman–Crippen LogP) is 2.35. The van der Waals surface area contributed by atoms with E-state index in [1.54, 1.807) is 34.3 Å². The minimum atomic E-state index is -2.22. The van der Waals surface area contributed by atoms with Gasteiger partial charge >= 0.3 is 8.80 Å². The maximum absolute atomic E-state index is 7.69. The fourth-order valence-corrected chi connectivity index (χ4v) is 2.59. The Morgan fingerprint density at radius 3 is 1.57 bits per heavy atom. The number of hydrogen-bond donors (Lipinski definition) is 1. The lowest BCUT2D eigenvalue weighted by Crippen LogP contribution is -2.42. The van der Waals surface area contributed by atoms with Gasteiger partial charge in [-0.25, -0.2) is 0 Å². The molecule has 0 saturated carbocycles. The van der Waals surface area contributed by atoms with Crippen LogP contribution in [0.1, 0.15) is 20.3 Å². The Morgan fingerprint density at radius 2 is 1.50 bits per heavy atom. The SMILES string of the molecule is CC=CO.CCC[Si](OC)(OC)OC. The lowest BCUT2D eigenvalue weighted by molar-refractivity contribution is 0.123. The zero-order chi connectivity index (χ0) is 11.4. The van der Waals surface area contributed by atoms with Crippen LogP contribution in [0.3, 0.4) is 0 Å². The third-order valence-corrected chi connectivity index (χ3v) is 4.62. The van der Waals surface area contributed by atoms with E-state index in [1.165, 1.54) is 0 Å². The Morgan fingerprint density at radius 1 is 1.14 bits per heavy atom. The van der Waals surface area contributed by atoms with Gasteiger partial charge in [0.15, 0.2) is 0 Å². The van der Waals surface area contributed by atoms with Gasteiger partial charge in [0.2, 0.25) is 0 Å². The Kier molecular flexibility index (Phi) is 12.3. The van der Waals surface area contributed by atoms with Gasteiger partial charge in [-0.1, -0.05) is 19.4 Å². The molecule has 86 valence electrons. The Bertz CT molecular complexity index is 123. The highest BCUT2D eigenvalue weighted by atomic mass is 28.4. The zero-order valence-electron chi connectivity index (χ0n) is 9.74. The van der Waals surface area contributed by atoms with Gasteiger partial charge in [-0.05, 0) is 6.92 Å². The molecule has 0 amide bonds. The van der Waals surface area contributed by atoms with E-state index in [0.717, 1.165) is 18.7 Å². The van der Waals surface area contributed by atoms with Gasteiger partial charge in [-0.3, -0.25) is 0 Å². The standard InChI is InChI=1S/C6H16O3Si.C3H6O/c1-5-6-10(7-2,8-3)9-4;1-2-3-4/h5-6H2,1-4H3;2-4H,1H3. The lowest BCUT2D eigenvalue weighted by Gasteiger charge is -2.23. The molecule has 0 bridgehead atoms. The number of hydrogen-bond acceptors (Lipinski definition) is 4. The fraction of sp³-hybridized carbons (Fsp3) is 0.778. The zero-order valence-corrected chi connectivity index (χ0v) is 10.7. The van der Waals surface area contributed by atoms with Crippen molar-refractivity contribution in [3.05, 3.63) is 12.3 Å².